The minimum Gasteiger partial charge on any atom is -0.481 e. The first kappa shape index (κ1) is 12.0. The van der Waals surface area contributed by atoms with Gasteiger partial charge in [0.15, 0.2) is 0 Å². The van der Waals surface area contributed by atoms with Gasteiger partial charge >= 0.3 is 5.97 Å². The van der Waals surface area contributed by atoms with Gasteiger partial charge in [0.25, 0.3) is 0 Å². The highest BCUT2D eigenvalue weighted by Gasteiger charge is 2.08. The number of rotatable bonds is 4. The van der Waals surface area contributed by atoms with Gasteiger partial charge in [-0.15, -0.1) is 0 Å². The molecule has 84 valence electrons. The van der Waals surface area contributed by atoms with E-state index in [9.17, 15) is 9.18 Å². The van der Waals surface area contributed by atoms with Crippen LogP contribution in [0.4, 0.5) is 10.1 Å². The van der Waals surface area contributed by atoms with Crippen molar-refractivity contribution >= 4 is 11.7 Å². The summed E-state index contributed by atoms with van der Waals surface area (Å²) < 4.78 is 13.0. The Balaban J connectivity index is 2.75. The fourth-order valence-corrected chi connectivity index (χ4v) is 1.30. The third-order valence-electron chi connectivity index (χ3n) is 1.98. The Bertz CT molecular complexity index is 440. The molecule has 0 amide bonds. The normalized spacial score (nSPS) is 11.6. The Morgan fingerprint density at radius 1 is 1.69 bits per heavy atom. The van der Waals surface area contributed by atoms with Gasteiger partial charge < -0.3 is 10.4 Å². The number of halogens is 1. The van der Waals surface area contributed by atoms with Crippen LogP contribution in [0, 0.1) is 17.1 Å². The van der Waals surface area contributed by atoms with Gasteiger partial charge in [-0.05, 0) is 25.1 Å². The molecule has 1 aromatic rings. The number of carboxylic acids is 1. The monoisotopic (exact) mass is 222 g/mol. The lowest BCUT2D eigenvalue weighted by molar-refractivity contribution is -0.137. The van der Waals surface area contributed by atoms with Gasteiger partial charge in [-0.1, -0.05) is 0 Å². The van der Waals surface area contributed by atoms with Crippen LogP contribution in [-0.4, -0.2) is 17.1 Å². The van der Waals surface area contributed by atoms with Crippen molar-refractivity contribution in [3.63, 3.8) is 0 Å². The molecule has 1 atom stereocenters. The third-order valence-corrected chi connectivity index (χ3v) is 1.98. The SMILES string of the molecule is CC(CC(=O)O)Nc1ccc(F)c(C#N)c1. The largest absolute Gasteiger partial charge is 0.481 e. The second kappa shape index (κ2) is 5.12. The van der Waals surface area contributed by atoms with E-state index in [1.54, 1.807) is 13.0 Å². The number of hydrogen-bond acceptors (Lipinski definition) is 3. The molecule has 0 bridgehead atoms. The number of hydrogen-bond donors (Lipinski definition) is 2. The van der Waals surface area contributed by atoms with Gasteiger partial charge in [0.05, 0.1) is 12.0 Å². The van der Waals surface area contributed by atoms with Gasteiger partial charge in [0.1, 0.15) is 11.9 Å². The van der Waals surface area contributed by atoms with Crippen LogP contribution in [0.3, 0.4) is 0 Å². The second-order valence-electron chi connectivity index (χ2n) is 3.45. The minimum absolute atomic E-state index is 0.0424. The maximum atomic E-state index is 13.0. The summed E-state index contributed by atoms with van der Waals surface area (Å²) in [5.74, 6) is -1.50. The summed E-state index contributed by atoms with van der Waals surface area (Å²) in [5.41, 5.74) is 0.472. The topological polar surface area (TPSA) is 73.1 Å². The number of carboxylic acid groups (broad SMARTS) is 1. The van der Waals surface area contributed by atoms with Crippen LogP contribution in [-0.2, 0) is 4.79 Å². The maximum Gasteiger partial charge on any atom is 0.305 e. The van der Waals surface area contributed by atoms with Gasteiger partial charge in [-0.3, -0.25) is 4.79 Å². The lowest BCUT2D eigenvalue weighted by Gasteiger charge is -2.13. The first-order chi connectivity index (χ1) is 7.52. The number of nitriles is 1. The van der Waals surface area contributed by atoms with Gasteiger partial charge in [-0.25, -0.2) is 4.39 Å². The average molecular weight is 222 g/mol. The molecule has 0 saturated heterocycles. The first-order valence-electron chi connectivity index (χ1n) is 4.71. The van der Waals surface area contributed by atoms with Gasteiger partial charge in [-0.2, -0.15) is 5.26 Å². The van der Waals surface area contributed by atoms with Crippen molar-refractivity contribution in [3.8, 4) is 6.07 Å². The van der Waals surface area contributed by atoms with Gasteiger partial charge in [0.2, 0.25) is 0 Å². The van der Waals surface area contributed by atoms with Crippen molar-refractivity contribution in [2.75, 3.05) is 5.32 Å². The van der Waals surface area contributed by atoms with Crippen LogP contribution >= 0.6 is 0 Å². The number of anilines is 1. The van der Waals surface area contributed by atoms with E-state index >= 15 is 0 Å². The molecule has 4 nitrogen and oxygen atoms in total. The van der Waals surface area contributed by atoms with Gasteiger partial charge in [0, 0.05) is 11.7 Å². The molecule has 0 aliphatic rings. The molecule has 16 heavy (non-hydrogen) atoms. The number of aliphatic carboxylic acids is 1. The lowest BCUT2D eigenvalue weighted by Crippen LogP contribution is -2.19. The van der Waals surface area contributed by atoms with E-state index in [1.807, 2.05) is 0 Å². The maximum absolute atomic E-state index is 13.0. The fraction of sp³-hybridized carbons (Fsp3) is 0.273. The molecule has 2 N–H and O–H groups in total. The van der Waals surface area contributed by atoms with Crippen molar-refractivity contribution in [1.82, 2.24) is 0 Å². The number of nitrogens with one attached hydrogen (secondary N) is 1. The summed E-state index contributed by atoms with van der Waals surface area (Å²) in [6.07, 6.45) is -0.0424. The van der Waals surface area contributed by atoms with E-state index in [0.717, 1.165) is 0 Å². The molecule has 0 aromatic heterocycles. The summed E-state index contributed by atoms with van der Waals surface area (Å²) in [5, 5.41) is 20.0. The van der Waals surface area contributed by atoms with Crippen LogP contribution in [0.5, 0.6) is 0 Å². The summed E-state index contributed by atoms with van der Waals surface area (Å²) in [6, 6.07) is 5.43. The molecule has 0 fully saturated rings. The van der Waals surface area contributed by atoms with E-state index in [1.165, 1.54) is 18.2 Å². The Labute approximate surface area is 92.3 Å². The highest BCUT2D eigenvalue weighted by atomic mass is 19.1. The Kier molecular flexibility index (Phi) is 3.84. The summed E-state index contributed by atoms with van der Waals surface area (Å²) in [4.78, 5) is 10.4. The molecular formula is C11H11FN2O2. The highest BCUT2D eigenvalue weighted by molar-refractivity contribution is 5.68. The molecule has 0 aliphatic carbocycles. The van der Waals surface area contributed by atoms with Crippen LogP contribution in [0.25, 0.3) is 0 Å². The fourth-order valence-electron chi connectivity index (χ4n) is 1.30. The molecule has 0 spiro atoms. The van der Waals surface area contributed by atoms with Crippen LogP contribution < -0.4 is 5.32 Å². The second-order valence-corrected chi connectivity index (χ2v) is 3.45. The smallest absolute Gasteiger partial charge is 0.305 e. The van der Waals surface area contributed by atoms with Crippen molar-refractivity contribution in [2.24, 2.45) is 0 Å². The molecule has 1 unspecified atom stereocenters. The molecule has 0 heterocycles. The van der Waals surface area contributed by atoms with Crippen LogP contribution in [0.15, 0.2) is 18.2 Å². The van der Waals surface area contributed by atoms with E-state index in [4.69, 9.17) is 10.4 Å². The third kappa shape index (κ3) is 3.24. The van der Waals surface area contributed by atoms with Crippen LogP contribution in [0.1, 0.15) is 18.9 Å². The quantitative estimate of drug-likeness (QED) is 0.816. The highest BCUT2D eigenvalue weighted by Crippen LogP contribution is 2.15. The molecular weight excluding hydrogens is 211 g/mol. The number of benzene rings is 1. The van der Waals surface area contributed by atoms with E-state index in [2.05, 4.69) is 5.32 Å². The van der Waals surface area contributed by atoms with E-state index in [-0.39, 0.29) is 18.0 Å². The molecule has 0 saturated carbocycles. The van der Waals surface area contributed by atoms with Crippen LogP contribution in [0.2, 0.25) is 0 Å². The van der Waals surface area contributed by atoms with Crippen molar-refractivity contribution in [2.45, 2.75) is 19.4 Å². The molecule has 0 radical (unpaired) electrons. The van der Waals surface area contributed by atoms with E-state index < -0.39 is 11.8 Å². The minimum atomic E-state index is -0.914. The van der Waals surface area contributed by atoms with Crippen molar-refractivity contribution in [3.05, 3.63) is 29.6 Å². The molecule has 0 aliphatic heterocycles. The zero-order valence-electron chi connectivity index (χ0n) is 8.70. The number of nitrogens with zero attached hydrogens (tertiary/aromatic N) is 1. The molecule has 1 rings (SSSR count). The summed E-state index contributed by atoms with van der Waals surface area (Å²) in [7, 11) is 0. The zero-order chi connectivity index (χ0) is 12.1. The molecule has 1 aromatic carbocycles. The van der Waals surface area contributed by atoms with Crippen molar-refractivity contribution < 1.29 is 14.3 Å². The number of carbonyl (C=O) groups is 1. The summed E-state index contributed by atoms with van der Waals surface area (Å²) >= 11 is 0. The first-order valence-corrected chi connectivity index (χ1v) is 4.71. The van der Waals surface area contributed by atoms with E-state index in [0.29, 0.717) is 5.69 Å². The molecule has 5 heteroatoms. The zero-order valence-corrected chi connectivity index (χ0v) is 8.70. The lowest BCUT2D eigenvalue weighted by atomic mass is 10.1. The van der Waals surface area contributed by atoms with Crippen molar-refractivity contribution in [1.29, 1.82) is 5.26 Å². The summed E-state index contributed by atoms with van der Waals surface area (Å²) in [6.45, 7) is 1.70. The average Bonchev–Trinajstić information content (AvgIpc) is 2.19. The standard InChI is InChI=1S/C11H11FN2O2/c1-7(4-11(15)16)14-9-2-3-10(12)8(5-9)6-13/h2-3,5,7,14H,4H2,1H3,(H,15,16). The predicted molar refractivity (Wildman–Crippen MR) is 56.5 cm³/mol. The Morgan fingerprint density at radius 3 is 2.94 bits per heavy atom. The Morgan fingerprint density at radius 2 is 2.38 bits per heavy atom. The Hall–Kier alpha value is -2.09. The predicted octanol–water partition coefficient (Wildman–Crippen LogP) is 1.97.